The summed E-state index contributed by atoms with van der Waals surface area (Å²) >= 11 is 0. The van der Waals surface area contributed by atoms with E-state index in [1.807, 2.05) is 26.0 Å². The van der Waals surface area contributed by atoms with E-state index in [-0.39, 0.29) is 11.4 Å². The van der Waals surface area contributed by atoms with E-state index in [2.05, 4.69) is 0 Å². The van der Waals surface area contributed by atoms with Gasteiger partial charge >= 0.3 is 5.63 Å². The Morgan fingerprint density at radius 1 is 1.12 bits per heavy atom. The van der Waals surface area contributed by atoms with Crippen LogP contribution >= 0.6 is 0 Å². The monoisotopic (exact) mass is 326 g/mol. The van der Waals surface area contributed by atoms with E-state index in [1.165, 1.54) is 12.1 Å². The van der Waals surface area contributed by atoms with Crippen LogP contribution in [0.25, 0.3) is 11.0 Å². The van der Waals surface area contributed by atoms with Gasteiger partial charge in [-0.3, -0.25) is 0 Å². The maximum atomic E-state index is 12.9. The summed E-state index contributed by atoms with van der Waals surface area (Å²) in [4.78, 5) is 12.1. The summed E-state index contributed by atoms with van der Waals surface area (Å²) in [6.45, 7) is 4.31. The summed E-state index contributed by atoms with van der Waals surface area (Å²) in [5, 5.41) is 0.923. The van der Waals surface area contributed by atoms with Gasteiger partial charge in [-0.1, -0.05) is 25.5 Å². The number of benzene rings is 2. The number of halogens is 1. The quantitative estimate of drug-likeness (QED) is 0.634. The molecule has 0 N–H and O–H groups in total. The molecule has 4 heteroatoms. The van der Waals surface area contributed by atoms with E-state index < -0.39 is 0 Å². The number of rotatable bonds is 5. The van der Waals surface area contributed by atoms with Crippen molar-refractivity contribution < 1.29 is 13.5 Å². The molecule has 0 saturated carbocycles. The summed E-state index contributed by atoms with van der Waals surface area (Å²) in [6.07, 6.45) is 1.61. The van der Waals surface area contributed by atoms with Crippen LogP contribution in [0.3, 0.4) is 0 Å². The molecule has 2 aromatic carbocycles. The second kappa shape index (κ2) is 6.87. The minimum atomic E-state index is -0.280. The second-order valence-electron chi connectivity index (χ2n) is 5.82. The van der Waals surface area contributed by atoms with Crippen LogP contribution in [0.2, 0.25) is 0 Å². The van der Waals surface area contributed by atoms with E-state index in [0.29, 0.717) is 24.4 Å². The molecule has 0 aliphatic rings. The standard InChI is InChI=1S/C20H19FO3/c1-3-4-18-13(2)17-10-9-16(11-19(17)24-20(18)22)23-12-14-5-7-15(21)8-6-14/h5-11H,3-4,12H2,1-2H3. The lowest BCUT2D eigenvalue weighted by Crippen LogP contribution is -2.10. The molecular weight excluding hydrogens is 307 g/mol. The van der Waals surface area contributed by atoms with E-state index in [4.69, 9.17) is 9.15 Å². The van der Waals surface area contributed by atoms with Crippen LogP contribution in [0.5, 0.6) is 5.75 Å². The van der Waals surface area contributed by atoms with Crippen LogP contribution in [0.1, 0.15) is 30.0 Å². The highest BCUT2D eigenvalue weighted by Gasteiger charge is 2.11. The maximum Gasteiger partial charge on any atom is 0.339 e. The van der Waals surface area contributed by atoms with Crippen molar-refractivity contribution >= 4 is 11.0 Å². The summed E-state index contributed by atoms with van der Waals surface area (Å²) in [7, 11) is 0. The molecule has 0 radical (unpaired) electrons. The molecule has 3 rings (SSSR count). The molecule has 24 heavy (non-hydrogen) atoms. The molecule has 3 aromatic rings. The highest BCUT2D eigenvalue weighted by molar-refractivity contribution is 5.82. The lowest BCUT2D eigenvalue weighted by atomic mass is 10.0. The Labute approximate surface area is 139 Å². The van der Waals surface area contributed by atoms with E-state index in [9.17, 15) is 9.18 Å². The van der Waals surface area contributed by atoms with E-state index >= 15 is 0 Å². The first-order valence-electron chi connectivity index (χ1n) is 8.02. The van der Waals surface area contributed by atoms with E-state index in [0.717, 1.165) is 28.5 Å². The Kier molecular flexibility index (Phi) is 4.65. The predicted octanol–water partition coefficient (Wildman–Crippen LogP) is 4.77. The molecule has 3 nitrogen and oxygen atoms in total. The number of aryl methyl sites for hydroxylation is 1. The largest absolute Gasteiger partial charge is 0.489 e. The van der Waals surface area contributed by atoms with Crippen molar-refractivity contribution in [2.75, 3.05) is 0 Å². The number of hydrogen-bond donors (Lipinski definition) is 0. The predicted molar refractivity (Wildman–Crippen MR) is 91.9 cm³/mol. The third-order valence-electron chi connectivity index (χ3n) is 4.08. The Hall–Kier alpha value is -2.62. The Morgan fingerprint density at radius 2 is 1.88 bits per heavy atom. The molecule has 0 aliphatic heterocycles. The molecule has 0 atom stereocenters. The molecule has 0 fully saturated rings. The van der Waals surface area contributed by atoms with Crippen molar-refractivity contribution in [1.29, 1.82) is 0 Å². The molecule has 0 amide bonds. The molecule has 124 valence electrons. The minimum Gasteiger partial charge on any atom is -0.489 e. The molecule has 0 unspecified atom stereocenters. The van der Waals surface area contributed by atoms with Gasteiger partial charge in [0.2, 0.25) is 0 Å². The van der Waals surface area contributed by atoms with Crippen LogP contribution in [0.4, 0.5) is 4.39 Å². The van der Waals surface area contributed by atoms with Crippen molar-refractivity contribution in [3.05, 3.63) is 75.4 Å². The van der Waals surface area contributed by atoms with Crippen LogP contribution in [0, 0.1) is 12.7 Å². The third kappa shape index (κ3) is 3.32. The lowest BCUT2D eigenvalue weighted by Gasteiger charge is -2.10. The average Bonchev–Trinajstić information content (AvgIpc) is 2.58. The first kappa shape index (κ1) is 16.2. The molecule has 1 heterocycles. The zero-order valence-corrected chi connectivity index (χ0v) is 13.8. The maximum absolute atomic E-state index is 12.9. The van der Waals surface area contributed by atoms with E-state index in [1.54, 1.807) is 18.2 Å². The molecular formula is C20H19FO3. The summed E-state index contributed by atoms with van der Waals surface area (Å²) in [5.74, 6) is 0.335. The zero-order chi connectivity index (χ0) is 17.1. The Balaban J connectivity index is 1.87. The first-order valence-corrected chi connectivity index (χ1v) is 8.02. The fraction of sp³-hybridized carbons (Fsp3) is 0.250. The zero-order valence-electron chi connectivity index (χ0n) is 13.8. The van der Waals surface area contributed by atoms with Gasteiger partial charge in [-0.2, -0.15) is 0 Å². The number of ether oxygens (including phenoxy) is 1. The summed E-state index contributed by atoms with van der Waals surface area (Å²) < 4.78 is 24.1. The van der Waals surface area contributed by atoms with Crippen LogP contribution in [0.15, 0.2) is 51.7 Å². The molecule has 1 aromatic heterocycles. The average molecular weight is 326 g/mol. The minimum absolute atomic E-state index is 0.274. The van der Waals surface area contributed by atoms with Crippen molar-refractivity contribution in [1.82, 2.24) is 0 Å². The van der Waals surface area contributed by atoms with Crippen LogP contribution in [-0.4, -0.2) is 0 Å². The molecule has 0 aliphatic carbocycles. The summed E-state index contributed by atoms with van der Waals surface area (Å²) in [5.41, 5.74) is 2.82. The van der Waals surface area contributed by atoms with Crippen molar-refractivity contribution in [3.8, 4) is 5.75 Å². The van der Waals surface area contributed by atoms with Gasteiger partial charge in [-0.25, -0.2) is 9.18 Å². The van der Waals surface area contributed by atoms with Gasteiger partial charge in [0.1, 0.15) is 23.8 Å². The fourth-order valence-corrected chi connectivity index (χ4v) is 2.75. The molecule has 0 spiro atoms. The summed E-state index contributed by atoms with van der Waals surface area (Å²) in [6, 6.07) is 11.6. The second-order valence-corrected chi connectivity index (χ2v) is 5.82. The fourth-order valence-electron chi connectivity index (χ4n) is 2.75. The normalized spacial score (nSPS) is 11.0. The topological polar surface area (TPSA) is 39.4 Å². The Morgan fingerprint density at radius 3 is 2.58 bits per heavy atom. The highest BCUT2D eigenvalue weighted by Crippen LogP contribution is 2.25. The van der Waals surface area contributed by atoms with Gasteiger partial charge in [0, 0.05) is 17.0 Å². The number of fused-ring (bicyclic) bond motifs is 1. The van der Waals surface area contributed by atoms with Gasteiger partial charge in [0.15, 0.2) is 0 Å². The van der Waals surface area contributed by atoms with Gasteiger partial charge in [0.05, 0.1) is 0 Å². The van der Waals surface area contributed by atoms with Crippen molar-refractivity contribution in [3.63, 3.8) is 0 Å². The highest BCUT2D eigenvalue weighted by atomic mass is 19.1. The van der Waals surface area contributed by atoms with Gasteiger partial charge in [-0.05, 0) is 48.7 Å². The van der Waals surface area contributed by atoms with Crippen LogP contribution < -0.4 is 10.4 Å². The molecule has 0 saturated heterocycles. The SMILES string of the molecule is CCCc1c(C)c2ccc(OCc3ccc(F)cc3)cc2oc1=O. The lowest BCUT2D eigenvalue weighted by molar-refractivity contribution is 0.306. The third-order valence-corrected chi connectivity index (χ3v) is 4.08. The van der Waals surface area contributed by atoms with Gasteiger partial charge in [-0.15, -0.1) is 0 Å². The smallest absolute Gasteiger partial charge is 0.339 e. The van der Waals surface area contributed by atoms with Crippen LogP contribution in [-0.2, 0) is 13.0 Å². The van der Waals surface area contributed by atoms with Gasteiger partial charge in [0.25, 0.3) is 0 Å². The first-order chi connectivity index (χ1) is 11.6. The number of hydrogen-bond acceptors (Lipinski definition) is 3. The Bertz CT molecular complexity index is 911. The van der Waals surface area contributed by atoms with Gasteiger partial charge < -0.3 is 9.15 Å². The molecule has 0 bridgehead atoms. The van der Waals surface area contributed by atoms with Crippen molar-refractivity contribution in [2.45, 2.75) is 33.3 Å². The van der Waals surface area contributed by atoms with Crippen molar-refractivity contribution in [2.24, 2.45) is 0 Å².